The van der Waals surface area contributed by atoms with Gasteiger partial charge in [-0.05, 0) is 18.2 Å². The van der Waals surface area contributed by atoms with E-state index in [0.29, 0.717) is 27.7 Å². The van der Waals surface area contributed by atoms with Gasteiger partial charge in [0, 0.05) is 35.0 Å². The highest BCUT2D eigenvalue weighted by Gasteiger charge is 2.13. The van der Waals surface area contributed by atoms with Crippen molar-refractivity contribution in [2.75, 3.05) is 12.4 Å². The molecule has 23 heavy (non-hydrogen) atoms. The summed E-state index contributed by atoms with van der Waals surface area (Å²) in [6.07, 6.45) is 2.27. The summed E-state index contributed by atoms with van der Waals surface area (Å²) in [4.78, 5) is 8.26. The number of anilines is 1. The Balaban J connectivity index is 1.78. The van der Waals surface area contributed by atoms with Crippen molar-refractivity contribution < 1.29 is 14.2 Å². The highest BCUT2D eigenvalue weighted by molar-refractivity contribution is 7.14. The summed E-state index contributed by atoms with van der Waals surface area (Å²) in [7, 11) is 1.49. The number of nitrogens with zero attached hydrogens (tertiary/aromatic N) is 2. The maximum absolute atomic E-state index is 14.1. The zero-order chi connectivity index (χ0) is 16.2. The standard InChI is InChI=1S/C16H14FN3O2S/c1-22-11-4-5-12(13(17)7-11)14-9-23-16(19-14)20-15(21)10-3-2-6-18-8-10/h2-9,15,21H,1H3,(H,19,20). The average Bonchev–Trinajstić information content (AvgIpc) is 3.03. The van der Waals surface area contributed by atoms with Crippen LogP contribution in [0, 0.1) is 5.82 Å². The van der Waals surface area contributed by atoms with Crippen molar-refractivity contribution in [3.05, 3.63) is 59.5 Å². The zero-order valence-corrected chi connectivity index (χ0v) is 13.0. The number of methoxy groups -OCH3 is 1. The van der Waals surface area contributed by atoms with E-state index in [1.165, 1.54) is 24.5 Å². The van der Waals surface area contributed by atoms with Crippen molar-refractivity contribution in [2.45, 2.75) is 6.23 Å². The second kappa shape index (κ2) is 6.72. The van der Waals surface area contributed by atoms with Crippen LogP contribution in [-0.4, -0.2) is 22.2 Å². The highest BCUT2D eigenvalue weighted by atomic mass is 32.1. The Bertz CT molecular complexity index is 795. The Morgan fingerprint density at radius 3 is 2.91 bits per heavy atom. The van der Waals surface area contributed by atoms with Gasteiger partial charge in [0.05, 0.1) is 12.8 Å². The lowest BCUT2D eigenvalue weighted by Gasteiger charge is -2.11. The van der Waals surface area contributed by atoms with Crippen LogP contribution in [0.1, 0.15) is 11.8 Å². The molecule has 0 amide bonds. The smallest absolute Gasteiger partial charge is 0.185 e. The topological polar surface area (TPSA) is 67.3 Å². The van der Waals surface area contributed by atoms with E-state index in [4.69, 9.17) is 4.74 Å². The fraction of sp³-hybridized carbons (Fsp3) is 0.125. The van der Waals surface area contributed by atoms with Gasteiger partial charge in [-0.15, -0.1) is 11.3 Å². The molecule has 0 aliphatic heterocycles. The molecule has 0 fully saturated rings. The van der Waals surface area contributed by atoms with E-state index in [2.05, 4.69) is 15.3 Å². The van der Waals surface area contributed by atoms with Crippen molar-refractivity contribution in [1.29, 1.82) is 0 Å². The van der Waals surface area contributed by atoms with Crippen LogP contribution in [0.15, 0.2) is 48.1 Å². The zero-order valence-electron chi connectivity index (χ0n) is 12.2. The first-order valence-corrected chi connectivity index (χ1v) is 7.69. The van der Waals surface area contributed by atoms with Crippen molar-refractivity contribution in [2.24, 2.45) is 0 Å². The van der Waals surface area contributed by atoms with Crippen molar-refractivity contribution in [3.63, 3.8) is 0 Å². The molecule has 0 aliphatic carbocycles. The van der Waals surface area contributed by atoms with Crippen molar-refractivity contribution >= 4 is 16.5 Å². The van der Waals surface area contributed by atoms with Gasteiger partial charge in [0.1, 0.15) is 11.6 Å². The summed E-state index contributed by atoms with van der Waals surface area (Å²) < 4.78 is 19.0. The summed E-state index contributed by atoms with van der Waals surface area (Å²) in [5.41, 5.74) is 1.50. The van der Waals surface area contributed by atoms with Crippen molar-refractivity contribution in [3.8, 4) is 17.0 Å². The van der Waals surface area contributed by atoms with E-state index < -0.39 is 12.0 Å². The van der Waals surface area contributed by atoms with Crippen LogP contribution in [0.4, 0.5) is 9.52 Å². The number of pyridine rings is 1. The monoisotopic (exact) mass is 331 g/mol. The SMILES string of the molecule is COc1ccc(-c2csc(NC(O)c3cccnc3)n2)c(F)c1. The van der Waals surface area contributed by atoms with E-state index in [9.17, 15) is 9.50 Å². The number of benzene rings is 1. The van der Waals surface area contributed by atoms with E-state index >= 15 is 0 Å². The minimum Gasteiger partial charge on any atom is -0.497 e. The number of aliphatic hydroxyl groups is 1. The molecule has 118 valence electrons. The van der Waals surface area contributed by atoms with Gasteiger partial charge < -0.3 is 15.2 Å². The predicted octanol–water partition coefficient (Wildman–Crippen LogP) is 3.46. The summed E-state index contributed by atoms with van der Waals surface area (Å²) in [5, 5.41) is 15.2. The van der Waals surface area contributed by atoms with Crippen LogP contribution in [0.5, 0.6) is 5.75 Å². The first-order valence-electron chi connectivity index (χ1n) is 6.81. The quantitative estimate of drug-likeness (QED) is 0.701. The lowest BCUT2D eigenvalue weighted by molar-refractivity contribution is 0.208. The summed E-state index contributed by atoms with van der Waals surface area (Å²) in [6.45, 7) is 0. The normalized spacial score (nSPS) is 12.0. The van der Waals surface area contributed by atoms with Gasteiger partial charge in [-0.1, -0.05) is 6.07 Å². The molecule has 2 aromatic heterocycles. The maximum Gasteiger partial charge on any atom is 0.185 e. The molecule has 0 saturated heterocycles. The molecule has 0 spiro atoms. The lowest BCUT2D eigenvalue weighted by atomic mass is 10.1. The highest BCUT2D eigenvalue weighted by Crippen LogP contribution is 2.30. The van der Waals surface area contributed by atoms with Crippen molar-refractivity contribution in [1.82, 2.24) is 9.97 Å². The molecular formula is C16H14FN3O2S. The molecule has 1 atom stereocenters. The van der Waals surface area contributed by atoms with Gasteiger partial charge in [0.25, 0.3) is 0 Å². The number of rotatable bonds is 5. The Labute approximate surface area is 136 Å². The number of ether oxygens (including phenoxy) is 1. The van der Waals surface area contributed by atoms with Crippen LogP contribution in [0.2, 0.25) is 0 Å². The summed E-state index contributed by atoms with van der Waals surface area (Å²) >= 11 is 1.29. The molecule has 0 radical (unpaired) electrons. The second-order valence-electron chi connectivity index (χ2n) is 4.72. The van der Waals surface area contributed by atoms with Gasteiger partial charge >= 0.3 is 0 Å². The molecule has 7 heteroatoms. The van der Waals surface area contributed by atoms with E-state index in [1.54, 1.807) is 42.0 Å². The Hall–Kier alpha value is -2.51. The minimum atomic E-state index is -0.927. The van der Waals surface area contributed by atoms with Gasteiger partial charge in [0.2, 0.25) is 0 Å². The first-order chi connectivity index (χ1) is 11.2. The number of aromatic nitrogens is 2. The molecule has 0 bridgehead atoms. The van der Waals surface area contributed by atoms with Gasteiger partial charge in [-0.3, -0.25) is 4.98 Å². The van der Waals surface area contributed by atoms with Crippen LogP contribution in [0.25, 0.3) is 11.3 Å². The number of hydrogen-bond acceptors (Lipinski definition) is 6. The first kappa shape index (κ1) is 15.4. The van der Waals surface area contributed by atoms with Crippen LogP contribution in [0.3, 0.4) is 0 Å². The molecule has 0 saturated carbocycles. The number of nitrogens with one attached hydrogen (secondary N) is 1. The van der Waals surface area contributed by atoms with E-state index in [1.807, 2.05) is 0 Å². The molecule has 1 unspecified atom stereocenters. The number of hydrogen-bond donors (Lipinski definition) is 2. The predicted molar refractivity (Wildman–Crippen MR) is 86.9 cm³/mol. The third-order valence-electron chi connectivity index (χ3n) is 3.22. The van der Waals surface area contributed by atoms with E-state index in [0.717, 1.165) is 0 Å². The molecule has 5 nitrogen and oxygen atoms in total. The Morgan fingerprint density at radius 2 is 2.22 bits per heavy atom. The fourth-order valence-corrected chi connectivity index (χ4v) is 2.77. The van der Waals surface area contributed by atoms with Gasteiger partial charge in [-0.2, -0.15) is 0 Å². The molecule has 0 aliphatic rings. The number of thiazole rings is 1. The van der Waals surface area contributed by atoms with Gasteiger partial charge in [0.15, 0.2) is 11.4 Å². The Morgan fingerprint density at radius 1 is 1.35 bits per heavy atom. The third kappa shape index (κ3) is 3.46. The Kier molecular flexibility index (Phi) is 4.50. The van der Waals surface area contributed by atoms with Crippen LogP contribution >= 0.6 is 11.3 Å². The van der Waals surface area contributed by atoms with Crippen LogP contribution < -0.4 is 10.1 Å². The number of aliphatic hydroxyl groups excluding tert-OH is 1. The second-order valence-corrected chi connectivity index (χ2v) is 5.58. The minimum absolute atomic E-state index is 0.381. The third-order valence-corrected chi connectivity index (χ3v) is 3.99. The van der Waals surface area contributed by atoms with E-state index in [-0.39, 0.29) is 0 Å². The molecule has 3 rings (SSSR count). The van der Waals surface area contributed by atoms with Gasteiger partial charge in [-0.25, -0.2) is 9.37 Å². The molecule has 2 N–H and O–H groups in total. The average molecular weight is 331 g/mol. The number of halogens is 1. The summed E-state index contributed by atoms with van der Waals surface area (Å²) in [6, 6.07) is 8.09. The summed E-state index contributed by atoms with van der Waals surface area (Å²) in [5.74, 6) is 0.0424. The molecule has 3 aromatic rings. The lowest BCUT2D eigenvalue weighted by Crippen LogP contribution is -2.09. The van der Waals surface area contributed by atoms with Crippen LogP contribution in [-0.2, 0) is 0 Å². The largest absolute Gasteiger partial charge is 0.497 e. The molecule has 1 aromatic carbocycles. The molecular weight excluding hydrogens is 317 g/mol. The fourth-order valence-electron chi connectivity index (χ4n) is 2.03. The maximum atomic E-state index is 14.1. The molecule has 2 heterocycles.